The molecule has 5 nitrogen and oxygen atoms in total. The largest absolute Gasteiger partial charge is 0.335 e. The topological polar surface area (TPSA) is 75.4 Å². The summed E-state index contributed by atoms with van der Waals surface area (Å²) in [5, 5.41) is 2.62. The van der Waals surface area contributed by atoms with Crippen molar-refractivity contribution in [3.05, 3.63) is 0 Å². The molecule has 0 aliphatic rings. The highest BCUT2D eigenvalue weighted by Gasteiger charge is 2.16. The first-order chi connectivity index (χ1) is 5.99. The summed E-state index contributed by atoms with van der Waals surface area (Å²) >= 11 is 0. The third-order valence-corrected chi connectivity index (χ3v) is 1.39. The Morgan fingerprint density at radius 2 is 2.00 bits per heavy atom. The maximum Gasteiger partial charge on any atom is 0.324 e. The minimum atomic E-state index is -0.382. The van der Waals surface area contributed by atoms with E-state index >= 15 is 0 Å². The lowest BCUT2D eigenvalue weighted by Gasteiger charge is -2.20. The number of hydrogen-bond donors (Lipinski definition) is 2. The lowest BCUT2D eigenvalue weighted by molar-refractivity contribution is -0.125. The van der Waals surface area contributed by atoms with Gasteiger partial charge in [-0.1, -0.05) is 0 Å². The Kier molecular flexibility index (Phi) is 5.06. The molecule has 0 aliphatic carbocycles. The molecule has 0 aliphatic heterocycles. The first-order valence-corrected chi connectivity index (χ1v) is 4.27. The van der Waals surface area contributed by atoms with Gasteiger partial charge in [-0.15, -0.1) is 0 Å². The molecule has 0 aromatic heterocycles. The first kappa shape index (κ1) is 11.9. The summed E-state index contributed by atoms with van der Waals surface area (Å²) in [6, 6.07) is -0.361. The van der Waals surface area contributed by atoms with E-state index in [9.17, 15) is 9.59 Å². The van der Waals surface area contributed by atoms with Crippen molar-refractivity contribution in [1.29, 1.82) is 0 Å². The smallest absolute Gasteiger partial charge is 0.324 e. The van der Waals surface area contributed by atoms with Gasteiger partial charge >= 0.3 is 6.03 Å². The second-order valence-corrected chi connectivity index (χ2v) is 3.06. The Balaban J connectivity index is 4.20. The fraction of sp³-hybridized carbons (Fsp3) is 0.750. The van der Waals surface area contributed by atoms with Crippen molar-refractivity contribution in [1.82, 2.24) is 10.2 Å². The van der Waals surface area contributed by atoms with Gasteiger partial charge in [0.15, 0.2) is 0 Å². The number of carbonyl (C=O) groups is 2. The summed E-state index contributed by atoms with van der Waals surface area (Å²) in [6.45, 7) is 5.55. The van der Waals surface area contributed by atoms with Crippen LogP contribution < -0.4 is 11.1 Å². The maximum absolute atomic E-state index is 11.3. The Hall–Kier alpha value is -1.10. The van der Waals surface area contributed by atoms with Crippen LogP contribution in [0.3, 0.4) is 0 Å². The molecule has 0 saturated heterocycles. The molecule has 0 rings (SSSR count). The summed E-state index contributed by atoms with van der Waals surface area (Å²) in [5.74, 6) is -0.288. The molecule has 0 aromatic rings. The molecule has 3 N–H and O–H groups in total. The molecule has 0 bridgehead atoms. The Morgan fingerprint density at radius 1 is 1.46 bits per heavy atom. The number of carbonyl (C=O) groups excluding carboxylic acids is 2. The summed E-state index contributed by atoms with van der Waals surface area (Å²) in [6.07, 6.45) is 0. The highest BCUT2D eigenvalue weighted by Crippen LogP contribution is 1.91. The van der Waals surface area contributed by atoms with Crippen molar-refractivity contribution in [2.45, 2.75) is 26.8 Å². The van der Waals surface area contributed by atoms with E-state index in [1.807, 2.05) is 13.8 Å². The van der Waals surface area contributed by atoms with Crippen molar-refractivity contribution in [2.75, 3.05) is 13.1 Å². The number of nitrogens with zero attached hydrogens (tertiary/aromatic N) is 1. The molecule has 0 atom stereocenters. The number of nitrogens with two attached hydrogens (primary N) is 1. The molecular formula is C8H17N3O2. The molecule has 13 heavy (non-hydrogen) atoms. The van der Waals surface area contributed by atoms with E-state index in [4.69, 9.17) is 5.73 Å². The molecule has 0 heterocycles. The fourth-order valence-electron chi connectivity index (χ4n) is 0.856. The standard InChI is InChI=1S/C8H17N3O2/c1-6(2)10-8(13)11(5-4-9)7(3)12/h6H,4-5,9H2,1-3H3,(H,10,13). The number of amides is 3. The molecule has 5 heteroatoms. The van der Waals surface area contributed by atoms with Gasteiger partial charge in [-0.2, -0.15) is 0 Å². The van der Waals surface area contributed by atoms with Gasteiger partial charge < -0.3 is 11.1 Å². The van der Waals surface area contributed by atoms with E-state index in [0.29, 0.717) is 0 Å². The van der Waals surface area contributed by atoms with Gasteiger partial charge in [-0.3, -0.25) is 9.69 Å². The number of imide groups is 1. The fourth-order valence-corrected chi connectivity index (χ4v) is 0.856. The van der Waals surface area contributed by atoms with E-state index < -0.39 is 0 Å². The van der Waals surface area contributed by atoms with E-state index in [1.54, 1.807) is 0 Å². The maximum atomic E-state index is 11.3. The zero-order chi connectivity index (χ0) is 10.4. The van der Waals surface area contributed by atoms with E-state index in [1.165, 1.54) is 6.92 Å². The van der Waals surface area contributed by atoms with Crippen molar-refractivity contribution < 1.29 is 9.59 Å². The van der Waals surface area contributed by atoms with Crippen LogP contribution in [0.2, 0.25) is 0 Å². The lowest BCUT2D eigenvalue weighted by atomic mass is 10.4. The average Bonchev–Trinajstić information content (AvgIpc) is 1.97. The van der Waals surface area contributed by atoms with Crippen molar-refractivity contribution >= 4 is 11.9 Å². The normalized spacial score (nSPS) is 9.92. The van der Waals surface area contributed by atoms with E-state index in [2.05, 4.69) is 5.32 Å². The minimum Gasteiger partial charge on any atom is -0.335 e. The number of urea groups is 1. The second kappa shape index (κ2) is 5.53. The van der Waals surface area contributed by atoms with Crippen LogP contribution in [0.25, 0.3) is 0 Å². The Morgan fingerprint density at radius 3 is 2.31 bits per heavy atom. The predicted octanol–water partition coefficient (Wildman–Crippen LogP) is -0.0884. The zero-order valence-electron chi connectivity index (χ0n) is 8.33. The number of nitrogens with one attached hydrogen (secondary N) is 1. The van der Waals surface area contributed by atoms with Gasteiger partial charge in [0, 0.05) is 26.1 Å². The van der Waals surface area contributed by atoms with Crippen LogP contribution in [0, 0.1) is 0 Å². The third kappa shape index (κ3) is 4.47. The van der Waals surface area contributed by atoms with Gasteiger partial charge in [-0.05, 0) is 13.8 Å². The van der Waals surface area contributed by atoms with Gasteiger partial charge in [0.1, 0.15) is 0 Å². The van der Waals surface area contributed by atoms with Gasteiger partial charge in [0.05, 0.1) is 0 Å². The molecule has 0 aromatic carbocycles. The second-order valence-electron chi connectivity index (χ2n) is 3.06. The minimum absolute atomic E-state index is 0.0205. The molecule has 0 saturated carbocycles. The lowest BCUT2D eigenvalue weighted by Crippen LogP contribution is -2.47. The van der Waals surface area contributed by atoms with Crippen LogP contribution in [0.1, 0.15) is 20.8 Å². The predicted molar refractivity (Wildman–Crippen MR) is 50.1 cm³/mol. The highest BCUT2D eigenvalue weighted by molar-refractivity contribution is 5.93. The first-order valence-electron chi connectivity index (χ1n) is 4.27. The Bertz CT molecular complexity index is 192. The average molecular weight is 187 g/mol. The van der Waals surface area contributed by atoms with Crippen molar-refractivity contribution in [3.63, 3.8) is 0 Å². The van der Waals surface area contributed by atoms with E-state index in [-0.39, 0.29) is 31.1 Å². The summed E-state index contributed by atoms with van der Waals surface area (Å²) in [7, 11) is 0. The van der Waals surface area contributed by atoms with E-state index in [0.717, 1.165) is 4.90 Å². The molecule has 0 spiro atoms. The van der Waals surface area contributed by atoms with Crippen LogP contribution in [0.15, 0.2) is 0 Å². The van der Waals surface area contributed by atoms with Crippen LogP contribution >= 0.6 is 0 Å². The zero-order valence-corrected chi connectivity index (χ0v) is 8.33. The summed E-state index contributed by atoms with van der Waals surface area (Å²) < 4.78 is 0. The number of rotatable bonds is 3. The molecular weight excluding hydrogens is 170 g/mol. The third-order valence-electron chi connectivity index (χ3n) is 1.39. The van der Waals surface area contributed by atoms with Crippen LogP contribution in [-0.2, 0) is 4.79 Å². The molecule has 0 fully saturated rings. The van der Waals surface area contributed by atoms with Crippen LogP contribution in [0.5, 0.6) is 0 Å². The molecule has 0 unspecified atom stereocenters. The molecule has 3 amide bonds. The van der Waals surface area contributed by atoms with Crippen LogP contribution in [-0.4, -0.2) is 36.0 Å². The monoisotopic (exact) mass is 187 g/mol. The van der Waals surface area contributed by atoms with Crippen LogP contribution in [0.4, 0.5) is 4.79 Å². The quantitative estimate of drug-likeness (QED) is 0.648. The molecule has 76 valence electrons. The molecule has 0 radical (unpaired) electrons. The highest BCUT2D eigenvalue weighted by atomic mass is 16.2. The van der Waals surface area contributed by atoms with Crippen molar-refractivity contribution in [2.24, 2.45) is 5.73 Å². The van der Waals surface area contributed by atoms with Crippen molar-refractivity contribution in [3.8, 4) is 0 Å². The summed E-state index contributed by atoms with van der Waals surface area (Å²) in [5.41, 5.74) is 5.26. The van der Waals surface area contributed by atoms with Gasteiger partial charge in [0.25, 0.3) is 0 Å². The summed E-state index contributed by atoms with van der Waals surface area (Å²) in [4.78, 5) is 23.4. The van der Waals surface area contributed by atoms with Gasteiger partial charge in [0.2, 0.25) is 5.91 Å². The number of hydrogen-bond acceptors (Lipinski definition) is 3. The van der Waals surface area contributed by atoms with Gasteiger partial charge in [-0.25, -0.2) is 4.79 Å². The Labute approximate surface area is 78.3 Å². The SMILES string of the molecule is CC(=O)N(CCN)C(=O)NC(C)C.